The summed E-state index contributed by atoms with van der Waals surface area (Å²) in [6, 6.07) is 16.0. The molecular formula is C24H20N4O2Pt+2. The number of H-pyrrole nitrogens is 2. The smallest absolute Gasteiger partial charge is 0.481 e. The van der Waals surface area contributed by atoms with Crippen LogP contribution in [0.4, 0.5) is 0 Å². The number of nitrogens with one attached hydrogen (secondary N) is 2. The first-order chi connectivity index (χ1) is 14.5. The number of allylic oxidation sites excluding steroid dienone is 2. The van der Waals surface area contributed by atoms with Crippen LogP contribution < -0.4 is 0 Å². The molecule has 0 atom stereocenters. The van der Waals surface area contributed by atoms with E-state index in [9.17, 15) is 4.79 Å². The Labute approximate surface area is 193 Å². The molecule has 0 aromatic carbocycles. The van der Waals surface area contributed by atoms with Crippen molar-refractivity contribution in [2.24, 2.45) is 0 Å². The molecule has 0 spiro atoms. The molecule has 0 unspecified atom stereocenters. The summed E-state index contributed by atoms with van der Waals surface area (Å²) in [7, 11) is 0. The Balaban J connectivity index is 0.00000231. The zero-order valence-electron chi connectivity index (χ0n) is 16.8. The van der Waals surface area contributed by atoms with Gasteiger partial charge in [0.15, 0.2) is 0 Å². The Morgan fingerprint density at radius 1 is 0.839 bits per heavy atom. The van der Waals surface area contributed by atoms with Crippen molar-refractivity contribution in [2.75, 3.05) is 0 Å². The fourth-order valence-electron chi connectivity index (χ4n) is 3.80. The number of hydrogen-bond acceptors (Lipinski definition) is 3. The van der Waals surface area contributed by atoms with Gasteiger partial charge in [0.1, 0.15) is 0 Å². The number of aromatic amines is 2. The summed E-state index contributed by atoms with van der Waals surface area (Å²) >= 11 is 0. The molecular weight excluding hydrogens is 571 g/mol. The second kappa shape index (κ2) is 8.48. The molecule has 7 heteroatoms. The maximum absolute atomic E-state index is 11.2. The number of rotatable bonds is 3. The Hall–Kier alpha value is -3.24. The van der Waals surface area contributed by atoms with Crippen molar-refractivity contribution >= 4 is 51.3 Å². The molecule has 3 aromatic heterocycles. The van der Waals surface area contributed by atoms with Gasteiger partial charge in [-0.15, -0.1) is 0 Å². The molecule has 0 fully saturated rings. The molecule has 3 aromatic rings. The summed E-state index contributed by atoms with van der Waals surface area (Å²) in [5, 5.41) is 9.16. The third-order valence-electron chi connectivity index (χ3n) is 5.31. The van der Waals surface area contributed by atoms with Crippen LogP contribution in [-0.4, -0.2) is 31.0 Å². The van der Waals surface area contributed by atoms with Gasteiger partial charge < -0.3 is 15.1 Å². The molecule has 0 saturated carbocycles. The zero-order valence-corrected chi connectivity index (χ0v) is 19.0. The van der Waals surface area contributed by atoms with E-state index < -0.39 is 5.97 Å². The minimum atomic E-state index is -0.815. The van der Waals surface area contributed by atoms with Crippen molar-refractivity contribution in [2.45, 2.75) is 19.8 Å². The normalized spacial score (nSPS) is 12.7. The minimum absolute atomic E-state index is 0. The third kappa shape index (κ3) is 4.44. The summed E-state index contributed by atoms with van der Waals surface area (Å²) in [6.07, 6.45) is 4.44. The minimum Gasteiger partial charge on any atom is -0.481 e. The zero-order chi connectivity index (χ0) is 20.7. The number of carboxylic acid groups (broad SMARTS) is 1. The molecule has 31 heavy (non-hydrogen) atoms. The largest absolute Gasteiger partial charge is 2.00 e. The van der Waals surface area contributed by atoms with E-state index in [-0.39, 0.29) is 27.5 Å². The molecule has 6 nitrogen and oxygen atoms in total. The summed E-state index contributed by atoms with van der Waals surface area (Å²) in [5.41, 5.74) is 9.12. The number of carboxylic acids is 1. The molecule has 5 heterocycles. The predicted octanol–water partition coefficient (Wildman–Crippen LogP) is 5.28. The van der Waals surface area contributed by atoms with Crippen LogP contribution in [0.3, 0.4) is 0 Å². The number of hydrogen-bond donors (Lipinski definition) is 3. The van der Waals surface area contributed by atoms with Gasteiger partial charge in [-0.1, -0.05) is 0 Å². The first-order valence-corrected chi connectivity index (χ1v) is 9.82. The van der Waals surface area contributed by atoms with E-state index in [1.165, 1.54) is 0 Å². The van der Waals surface area contributed by atoms with Gasteiger partial charge in [0, 0.05) is 28.5 Å². The SMILES string of the molecule is CC1=C(CCC(=O)O)c2cc3ccc(cc4ccc(cc5nc(cc1n2)C=C5)[nH]4)[nH]3.[Pt+2]. The Kier molecular flexibility index (Phi) is 5.75. The van der Waals surface area contributed by atoms with Crippen LogP contribution in [0.2, 0.25) is 0 Å². The average molecular weight is 592 g/mol. The van der Waals surface area contributed by atoms with E-state index in [1.54, 1.807) is 0 Å². The molecule has 3 N–H and O–H groups in total. The number of carbonyl (C=O) groups is 1. The average Bonchev–Trinajstić information content (AvgIpc) is 3.47. The first kappa shape index (κ1) is 21.0. The fraction of sp³-hybridized carbons (Fsp3) is 0.125. The van der Waals surface area contributed by atoms with Crippen LogP contribution in [0.5, 0.6) is 0 Å². The quantitative estimate of drug-likeness (QED) is 0.302. The van der Waals surface area contributed by atoms with Crippen molar-refractivity contribution in [3.05, 3.63) is 71.3 Å². The van der Waals surface area contributed by atoms with E-state index >= 15 is 0 Å². The molecule has 8 bridgehead atoms. The first-order valence-electron chi connectivity index (χ1n) is 9.82. The van der Waals surface area contributed by atoms with E-state index in [2.05, 4.69) is 15.0 Å². The number of nitrogens with zero attached hydrogens (tertiary/aromatic N) is 2. The van der Waals surface area contributed by atoms with Crippen LogP contribution in [0.15, 0.2) is 48.5 Å². The topological polar surface area (TPSA) is 94.7 Å². The van der Waals surface area contributed by atoms with Gasteiger partial charge in [0.05, 0.1) is 22.8 Å². The molecule has 0 amide bonds. The monoisotopic (exact) mass is 591 g/mol. The van der Waals surface area contributed by atoms with Crippen LogP contribution in [0.1, 0.15) is 42.5 Å². The van der Waals surface area contributed by atoms with Gasteiger partial charge in [-0.3, -0.25) is 4.79 Å². The second-order valence-electron chi connectivity index (χ2n) is 7.49. The molecule has 0 saturated heterocycles. The van der Waals surface area contributed by atoms with Crippen molar-refractivity contribution in [3.63, 3.8) is 0 Å². The van der Waals surface area contributed by atoms with Gasteiger partial charge in [-0.05, 0) is 85.2 Å². The van der Waals surface area contributed by atoms with Crippen LogP contribution in [0.25, 0.3) is 45.4 Å². The molecule has 0 aliphatic carbocycles. The maximum Gasteiger partial charge on any atom is 2.00 e. The van der Waals surface area contributed by atoms with Crippen molar-refractivity contribution in [1.29, 1.82) is 0 Å². The number of fused-ring (bicyclic) bond motifs is 8. The van der Waals surface area contributed by atoms with E-state index in [1.807, 2.05) is 67.6 Å². The standard InChI is InChI=1S/C24H20N4O2.Pt/c1-14-21(8-9-24(29)30)23-13-20-7-5-18(27-20)11-16-3-2-15(25-16)10-17-4-6-19(26-17)12-22(14)28-23;/h2-7,10-13,25,27H,8-9H2,1H3,(H,29,30);/q;+2. The maximum atomic E-state index is 11.2. The van der Waals surface area contributed by atoms with Gasteiger partial charge in [-0.2, -0.15) is 0 Å². The Bertz CT molecular complexity index is 1400. The summed E-state index contributed by atoms with van der Waals surface area (Å²) < 4.78 is 0. The Morgan fingerprint density at radius 2 is 1.42 bits per heavy atom. The van der Waals surface area contributed by atoms with Crippen molar-refractivity contribution in [1.82, 2.24) is 19.9 Å². The van der Waals surface area contributed by atoms with Crippen LogP contribution in [-0.2, 0) is 25.9 Å². The molecule has 0 radical (unpaired) electrons. The molecule has 5 rings (SSSR count). The van der Waals surface area contributed by atoms with E-state index in [4.69, 9.17) is 10.1 Å². The van der Waals surface area contributed by atoms with E-state index in [0.29, 0.717) is 6.42 Å². The molecule has 2 aliphatic rings. The number of aromatic nitrogens is 4. The van der Waals surface area contributed by atoms with E-state index in [0.717, 1.165) is 56.0 Å². The summed E-state index contributed by atoms with van der Waals surface area (Å²) in [5.74, 6) is -0.815. The van der Waals surface area contributed by atoms with Crippen molar-refractivity contribution < 1.29 is 31.0 Å². The predicted molar refractivity (Wildman–Crippen MR) is 119 cm³/mol. The fourth-order valence-corrected chi connectivity index (χ4v) is 3.80. The van der Waals surface area contributed by atoms with Crippen LogP contribution in [0, 0.1) is 0 Å². The molecule has 2 aliphatic heterocycles. The van der Waals surface area contributed by atoms with Crippen LogP contribution >= 0.6 is 0 Å². The molecule has 156 valence electrons. The summed E-state index contributed by atoms with van der Waals surface area (Å²) in [6.45, 7) is 1.99. The van der Waals surface area contributed by atoms with Gasteiger partial charge in [0.2, 0.25) is 0 Å². The Morgan fingerprint density at radius 3 is 2.06 bits per heavy atom. The van der Waals surface area contributed by atoms with Gasteiger partial charge >= 0.3 is 27.0 Å². The summed E-state index contributed by atoms with van der Waals surface area (Å²) in [4.78, 5) is 27.4. The third-order valence-corrected chi connectivity index (χ3v) is 5.31. The second-order valence-corrected chi connectivity index (χ2v) is 7.49. The van der Waals surface area contributed by atoms with Gasteiger partial charge in [0.25, 0.3) is 0 Å². The van der Waals surface area contributed by atoms with Crippen molar-refractivity contribution in [3.8, 4) is 0 Å². The number of aliphatic carboxylic acids is 1. The van der Waals surface area contributed by atoms with Gasteiger partial charge in [-0.25, -0.2) is 9.97 Å².